The molecule has 96 valence electrons. The fourth-order valence-electron chi connectivity index (χ4n) is 2.06. The first-order valence-electron chi connectivity index (χ1n) is 5.52. The van der Waals surface area contributed by atoms with Gasteiger partial charge in [0.15, 0.2) is 11.5 Å². The lowest BCUT2D eigenvalue weighted by Crippen LogP contribution is -2.25. The van der Waals surface area contributed by atoms with E-state index in [4.69, 9.17) is 5.73 Å². The Kier molecular flexibility index (Phi) is 2.45. The van der Waals surface area contributed by atoms with E-state index in [0.29, 0.717) is 5.03 Å². The topological polar surface area (TPSA) is 44.5 Å². The third kappa shape index (κ3) is 1.90. The maximum absolute atomic E-state index is 13.0. The molecule has 0 aliphatic carbocycles. The molecule has 2 N–H and O–H groups in total. The van der Waals surface area contributed by atoms with Crippen LogP contribution in [0.1, 0.15) is 24.8 Å². The van der Waals surface area contributed by atoms with Gasteiger partial charge in [0.25, 0.3) is 0 Å². The molecule has 1 unspecified atom stereocenters. The zero-order chi connectivity index (χ0) is 12.9. The molecule has 18 heavy (non-hydrogen) atoms. The lowest BCUT2D eigenvalue weighted by molar-refractivity contribution is -0.286. The van der Waals surface area contributed by atoms with E-state index in [2.05, 4.69) is 9.47 Å². The lowest BCUT2D eigenvalue weighted by Gasteiger charge is -2.12. The Hall–Kier alpha value is -1.43. The van der Waals surface area contributed by atoms with E-state index < -0.39 is 6.29 Å². The van der Waals surface area contributed by atoms with Crippen molar-refractivity contribution in [1.82, 2.24) is 0 Å². The van der Waals surface area contributed by atoms with Crippen molar-refractivity contribution in [3.8, 4) is 11.5 Å². The smallest absolute Gasteiger partial charge is 0.395 e. The Labute approximate surface area is 107 Å². The summed E-state index contributed by atoms with van der Waals surface area (Å²) in [5.74, 6) is 0.358. The Morgan fingerprint density at radius 2 is 2.00 bits per heavy atom. The van der Waals surface area contributed by atoms with Crippen LogP contribution in [-0.4, -0.2) is 6.29 Å². The van der Waals surface area contributed by atoms with Gasteiger partial charge in [-0.2, -0.15) is 0 Å². The molecule has 2 heterocycles. The van der Waals surface area contributed by atoms with Crippen molar-refractivity contribution in [3.63, 3.8) is 0 Å². The number of hydrogen-bond acceptors (Lipinski definition) is 4. The van der Waals surface area contributed by atoms with Gasteiger partial charge in [-0.3, -0.25) is 0 Å². The van der Waals surface area contributed by atoms with Gasteiger partial charge in [-0.1, -0.05) is 24.8 Å². The molecular weight excluding hydrogens is 260 g/mol. The number of nitrogens with two attached hydrogens (primary N) is 1. The first-order valence-corrected chi connectivity index (χ1v) is 6.33. The van der Waals surface area contributed by atoms with Crippen LogP contribution in [0, 0.1) is 0 Å². The summed E-state index contributed by atoms with van der Waals surface area (Å²) in [6, 6.07) is 3.19. The van der Waals surface area contributed by atoms with E-state index in [1.807, 2.05) is 13.0 Å². The van der Waals surface area contributed by atoms with Gasteiger partial charge >= 0.3 is 6.29 Å². The van der Waals surface area contributed by atoms with E-state index in [0.717, 1.165) is 16.9 Å². The average Bonchev–Trinajstić information content (AvgIpc) is 2.50. The predicted octanol–water partition coefficient (Wildman–Crippen LogP) is 3.41. The molecule has 0 aromatic heterocycles. The molecule has 0 spiro atoms. The zero-order valence-corrected chi connectivity index (χ0v) is 10.4. The Balaban J connectivity index is 2.07. The van der Waals surface area contributed by atoms with E-state index in [1.165, 1.54) is 11.8 Å². The highest BCUT2D eigenvalue weighted by Crippen LogP contribution is 2.48. The van der Waals surface area contributed by atoms with Crippen molar-refractivity contribution in [3.05, 3.63) is 28.8 Å². The van der Waals surface area contributed by atoms with E-state index in [9.17, 15) is 8.78 Å². The first kappa shape index (κ1) is 11.6. The molecule has 0 radical (unpaired) electrons. The molecule has 0 saturated carbocycles. The van der Waals surface area contributed by atoms with Crippen LogP contribution >= 0.6 is 11.8 Å². The van der Waals surface area contributed by atoms with E-state index in [-0.39, 0.29) is 17.4 Å². The van der Waals surface area contributed by atoms with Crippen molar-refractivity contribution >= 4 is 11.8 Å². The lowest BCUT2D eigenvalue weighted by atomic mass is 9.97. The van der Waals surface area contributed by atoms with Crippen LogP contribution < -0.4 is 15.2 Å². The molecule has 1 atom stereocenters. The zero-order valence-electron chi connectivity index (χ0n) is 9.57. The van der Waals surface area contributed by atoms with Gasteiger partial charge < -0.3 is 15.2 Å². The van der Waals surface area contributed by atoms with Crippen LogP contribution in [0.3, 0.4) is 0 Å². The molecule has 0 bridgehead atoms. The highest BCUT2D eigenvalue weighted by Gasteiger charge is 2.44. The quantitative estimate of drug-likeness (QED) is 0.785. The largest absolute Gasteiger partial charge is 0.586 e. The maximum Gasteiger partial charge on any atom is 0.586 e. The summed E-state index contributed by atoms with van der Waals surface area (Å²) in [4.78, 5) is 0.841. The van der Waals surface area contributed by atoms with E-state index >= 15 is 0 Å². The normalized spacial score (nSPS) is 24.2. The summed E-state index contributed by atoms with van der Waals surface area (Å²) in [6.07, 6.45) is -0.851. The number of halogens is 2. The van der Waals surface area contributed by atoms with Crippen molar-refractivity contribution in [2.45, 2.75) is 30.5 Å². The average molecular weight is 271 g/mol. The van der Waals surface area contributed by atoms with Crippen LogP contribution in [0.4, 0.5) is 8.78 Å². The first-order chi connectivity index (χ1) is 8.44. The number of fused-ring (bicyclic) bond motifs is 2. The van der Waals surface area contributed by atoms with Crippen molar-refractivity contribution in [2.75, 3.05) is 0 Å². The second-order valence-corrected chi connectivity index (χ2v) is 5.46. The van der Waals surface area contributed by atoms with Gasteiger partial charge in [-0.25, -0.2) is 0 Å². The molecule has 3 rings (SSSR count). The fraction of sp³-hybridized carbons (Fsp3) is 0.333. The number of thioether (sulfide) groups is 1. The monoisotopic (exact) mass is 271 g/mol. The third-order valence-corrected chi connectivity index (χ3v) is 3.94. The van der Waals surface area contributed by atoms with Crippen LogP contribution in [-0.2, 0) is 0 Å². The third-order valence-electron chi connectivity index (χ3n) is 2.97. The summed E-state index contributed by atoms with van der Waals surface area (Å²) in [6.45, 7) is 2.02. The number of allylic oxidation sites excluding steroid dienone is 1. The Morgan fingerprint density at radius 1 is 1.33 bits per heavy atom. The molecule has 3 nitrogen and oxygen atoms in total. The molecule has 1 aromatic carbocycles. The summed E-state index contributed by atoms with van der Waals surface area (Å²) in [7, 11) is 0. The number of benzene rings is 1. The number of ether oxygens (including phenoxy) is 2. The van der Waals surface area contributed by atoms with Gasteiger partial charge in [0.2, 0.25) is 0 Å². The van der Waals surface area contributed by atoms with Crippen LogP contribution in [0.2, 0.25) is 0 Å². The summed E-state index contributed by atoms with van der Waals surface area (Å²) >= 11 is 1.36. The van der Waals surface area contributed by atoms with Gasteiger partial charge in [-0.15, -0.1) is 8.78 Å². The second kappa shape index (κ2) is 3.78. The van der Waals surface area contributed by atoms with Gasteiger partial charge in [0.1, 0.15) is 0 Å². The minimum absolute atomic E-state index is 0.0631. The van der Waals surface area contributed by atoms with Crippen LogP contribution in [0.5, 0.6) is 11.5 Å². The maximum atomic E-state index is 13.0. The van der Waals surface area contributed by atoms with Gasteiger partial charge in [0.05, 0.1) is 5.03 Å². The highest BCUT2D eigenvalue weighted by atomic mass is 32.2. The molecule has 0 fully saturated rings. The summed E-state index contributed by atoms with van der Waals surface area (Å²) < 4.78 is 34.9. The molecular formula is C12H11F2NO2S. The SMILES string of the molecule is CC1CC=C(N)Sc2cc3c(cc21)OC(F)(F)O3. The fourth-order valence-corrected chi connectivity index (χ4v) is 3.03. The minimum atomic E-state index is -3.57. The summed E-state index contributed by atoms with van der Waals surface area (Å²) in [5, 5.41) is 0.672. The second-order valence-electron chi connectivity index (χ2n) is 4.35. The summed E-state index contributed by atoms with van der Waals surface area (Å²) in [5.41, 5.74) is 6.77. The number of rotatable bonds is 0. The van der Waals surface area contributed by atoms with Gasteiger partial charge in [0, 0.05) is 4.90 Å². The number of hydrogen-bond donors (Lipinski definition) is 1. The van der Waals surface area contributed by atoms with Gasteiger partial charge in [-0.05, 0) is 30.0 Å². The molecule has 2 aliphatic rings. The van der Waals surface area contributed by atoms with E-state index in [1.54, 1.807) is 12.1 Å². The Morgan fingerprint density at radius 3 is 2.72 bits per heavy atom. The Bertz CT molecular complexity index is 545. The van der Waals surface area contributed by atoms with Crippen LogP contribution in [0.25, 0.3) is 0 Å². The molecule has 1 aromatic rings. The molecule has 0 amide bonds. The molecule has 0 saturated heterocycles. The van der Waals surface area contributed by atoms with Crippen molar-refractivity contribution in [2.24, 2.45) is 5.73 Å². The standard InChI is InChI=1S/C12H11F2NO2S/c1-6-2-3-11(15)18-10-5-9-8(4-7(6)10)16-12(13,14)17-9/h3-6H,2,15H2,1H3. The molecule has 6 heteroatoms. The minimum Gasteiger partial charge on any atom is -0.395 e. The number of alkyl halides is 2. The highest BCUT2D eigenvalue weighted by molar-refractivity contribution is 8.03. The van der Waals surface area contributed by atoms with Crippen molar-refractivity contribution < 1.29 is 18.3 Å². The van der Waals surface area contributed by atoms with Crippen molar-refractivity contribution in [1.29, 1.82) is 0 Å². The predicted molar refractivity (Wildman–Crippen MR) is 63.8 cm³/mol. The van der Waals surface area contributed by atoms with Crippen LogP contribution in [0.15, 0.2) is 28.1 Å². The molecule has 2 aliphatic heterocycles.